The smallest absolute Gasteiger partial charge is 0.354 e. The maximum Gasteiger partial charge on any atom is 0.417 e. The zero-order valence-corrected chi connectivity index (χ0v) is 17.9. The lowest BCUT2D eigenvalue weighted by Crippen LogP contribution is -2.53. The average Bonchev–Trinajstić information content (AvgIpc) is 3.01. The number of hydrogen-bond donors (Lipinski definition) is 0. The minimum absolute atomic E-state index is 0.0694. The third-order valence-electron chi connectivity index (χ3n) is 7.60. The van der Waals surface area contributed by atoms with Crippen LogP contribution in [-0.2, 0) is 21.0 Å². The maximum absolute atomic E-state index is 13.2. The molecule has 2 atom stereocenters. The Labute approximate surface area is 174 Å². The zero-order valence-electron chi connectivity index (χ0n) is 17.1. The number of ketones is 1. The Balaban J connectivity index is 1.43. The highest BCUT2D eigenvalue weighted by Gasteiger charge is 2.65. The summed E-state index contributed by atoms with van der Waals surface area (Å²) >= 11 is 0. The van der Waals surface area contributed by atoms with E-state index < -0.39 is 27.2 Å². The van der Waals surface area contributed by atoms with E-state index in [2.05, 4.69) is 4.98 Å². The molecule has 1 aromatic heterocycles. The molecule has 1 aliphatic heterocycles. The number of hydrogen-bond acceptors (Lipinski definition) is 5. The van der Waals surface area contributed by atoms with E-state index in [1.165, 1.54) is 10.4 Å². The van der Waals surface area contributed by atoms with Crippen molar-refractivity contribution in [2.75, 3.05) is 36.8 Å². The Bertz CT molecular complexity index is 938. The van der Waals surface area contributed by atoms with Crippen LogP contribution >= 0.6 is 0 Å². The van der Waals surface area contributed by atoms with Gasteiger partial charge in [0, 0.05) is 44.2 Å². The summed E-state index contributed by atoms with van der Waals surface area (Å²) in [6, 6.07) is 2.29. The molecule has 4 rings (SSSR count). The summed E-state index contributed by atoms with van der Waals surface area (Å²) in [5.74, 6) is 0.563. The van der Waals surface area contributed by atoms with Gasteiger partial charge >= 0.3 is 6.18 Å². The normalized spacial score (nSPS) is 29.6. The minimum atomic E-state index is -4.44. The fourth-order valence-corrected chi connectivity index (χ4v) is 7.65. The van der Waals surface area contributed by atoms with Gasteiger partial charge in [0.05, 0.1) is 11.3 Å². The molecule has 0 N–H and O–H groups in total. The van der Waals surface area contributed by atoms with Gasteiger partial charge in [-0.2, -0.15) is 17.5 Å². The van der Waals surface area contributed by atoms with Crippen LogP contribution in [-0.4, -0.2) is 55.4 Å². The molecule has 1 saturated heterocycles. The highest BCUT2D eigenvalue weighted by molar-refractivity contribution is 7.89. The van der Waals surface area contributed by atoms with Crippen molar-refractivity contribution in [1.29, 1.82) is 0 Å². The quantitative estimate of drug-likeness (QED) is 0.713. The summed E-state index contributed by atoms with van der Waals surface area (Å²) < 4.78 is 65.9. The van der Waals surface area contributed by atoms with Crippen molar-refractivity contribution in [2.24, 2.45) is 16.7 Å². The van der Waals surface area contributed by atoms with Crippen LogP contribution in [0.3, 0.4) is 0 Å². The number of sulfonamides is 1. The molecule has 2 aliphatic carbocycles. The first kappa shape index (κ1) is 21.5. The topological polar surface area (TPSA) is 70.6 Å². The summed E-state index contributed by atoms with van der Waals surface area (Å²) in [5, 5.41) is 0. The van der Waals surface area contributed by atoms with Gasteiger partial charge in [-0.1, -0.05) is 13.8 Å². The predicted octanol–water partition coefficient (Wildman–Crippen LogP) is 2.95. The molecule has 166 valence electrons. The molecule has 3 aliphatic rings. The number of aromatic nitrogens is 1. The number of pyridine rings is 1. The van der Waals surface area contributed by atoms with Gasteiger partial charge in [0.1, 0.15) is 11.6 Å². The molecule has 0 aromatic carbocycles. The third kappa shape index (κ3) is 3.32. The van der Waals surface area contributed by atoms with Crippen molar-refractivity contribution in [2.45, 2.75) is 39.3 Å². The van der Waals surface area contributed by atoms with E-state index in [1.54, 1.807) is 4.90 Å². The number of halogens is 3. The molecule has 2 saturated carbocycles. The van der Waals surface area contributed by atoms with E-state index in [0.717, 1.165) is 18.7 Å². The Morgan fingerprint density at radius 3 is 2.30 bits per heavy atom. The third-order valence-corrected chi connectivity index (χ3v) is 9.61. The second-order valence-electron chi connectivity index (χ2n) is 9.21. The van der Waals surface area contributed by atoms with Gasteiger partial charge in [-0.25, -0.2) is 13.4 Å². The summed E-state index contributed by atoms with van der Waals surface area (Å²) in [6.45, 7) is 5.14. The van der Waals surface area contributed by atoms with E-state index >= 15 is 0 Å². The fraction of sp³-hybridized carbons (Fsp3) is 0.700. The van der Waals surface area contributed by atoms with Gasteiger partial charge in [0.25, 0.3) is 0 Å². The molecule has 30 heavy (non-hydrogen) atoms. The van der Waals surface area contributed by atoms with E-state index in [9.17, 15) is 26.4 Å². The van der Waals surface area contributed by atoms with Crippen LogP contribution in [0.2, 0.25) is 0 Å². The van der Waals surface area contributed by atoms with Crippen molar-refractivity contribution < 1.29 is 26.4 Å². The van der Waals surface area contributed by atoms with Crippen LogP contribution in [0.4, 0.5) is 19.0 Å². The number of piperazine rings is 1. The first-order valence-corrected chi connectivity index (χ1v) is 11.8. The number of carbonyl (C=O) groups is 1. The Kier molecular flexibility index (Phi) is 4.97. The number of fused-ring (bicyclic) bond motifs is 2. The number of anilines is 1. The van der Waals surface area contributed by atoms with Gasteiger partial charge in [-0.3, -0.25) is 4.79 Å². The van der Waals surface area contributed by atoms with E-state index in [0.29, 0.717) is 31.7 Å². The number of nitrogens with zero attached hydrogens (tertiary/aromatic N) is 3. The second kappa shape index (κ2) is 6.91. The maximum atomic E-state index is 13.2. The standard InChI is InChI=1S/C20H26F3N3O3S/c1-18(2)14-5-6-19(18,16(27)11-14)13-30(28,29)26-9-7-25(8-10-26)17-4-3-15(12-24-17)20(21,22)23/h3-4,12,14H,5-11,13H2,1-2H3/t14-,19+/m0/s1. The summed E-state index contributed by atoms with van der Waals surface area (Å²) in [6.07, 6.45) is -1.67. The van der Waals surface area contributed by atoms with Crippen LogP contribution in [0.15, 0.2) is 18.3 Å². The minimum Gasteiger partial charge on any atom is -0.354 e. The van der Waals surface area contributed by atoms with Crippen molar-refractivity contribution >= 4 is 21.6 Å². The second-order valence-corrected chi connectivity index (χ2v) is 11.2. The van der Waals surface area contributed by atoms with Gasteiger partial charge in [0.2, 0.25) is 10.0 Å². The van der Waals surface area contributed by atoms with E-state index in [-0.39, 0.29) is 36.0 Å². The molecule has 1 aromatic rings. The Morgan fingerprint density at radius 1 is 1.17 bits per heavy atom. The molecular weight excluding hydrogens is 419 g/mol. The Morgan fingerprint density at radius 2 is 1.83 bits per heavy atom. The fourth-order valence-electron chi connectivity index (χ4n) is 5.45. The first-order valence-electron chi connectivity index (χ1n) is 10.2. The van der Waals surface area contributed by atoms with Crippen molar-refractivity contribution in [3.63, 3.8) is 0 Å². The van der Waals surface area contributed by atoms with Gasteiger partial charge in [-0.05, 0) is 36.3 Å². The lowest BCUT2D eigenvalue weighted by atomic mass is 9.70. The van der Waals surface area contributed by atoms with Gasteiger partial charge < -0.3 is 4.90 Å². The summed E-state index contributed by atoms with van der Waals surface area (Å²) in [7, 11) is -3.63. The van der Waals surface area contributed by atoms with Crippen LogP contribution in [0.5, 0.6) is 0 Å². The molecule has 0 unspecified atom stereocenters. The van der Waals surface area contributed by atoms with E-state index in [4.69, 9.17) is 0 Å². The van der Waals surface area contributed by atoms with Crippen molar-refractivity contribution in [3.8, 4) is 0 Å². The number of rotatable bonds is 4. The Hall–Kier alpha value is -1.68. The molecule has 10 heteroatoms. The number of Topliss-reactive ketones (excluding diaryl/α,β-unsaturated/α-hetero) is 1. The lowest BCUT2D eigenvalue weighted by molar-refractivity contribution is -0.137. The van der Waals surface area contributed by atoms with E-state index in [1.807, 2.05) is 13.8 Å². The monoisotopic (exact) mass is 445 g/mol. The van der Waals surface area contributed by atoms with Crippen molar-refractivity contribution in [3.05, 3.63) is 23.9 Å². The van der Waals surface area contributed by atoms with Crippen LogP contribution in [0.25, 0.3) is 0 Å². The van der Waals surface area contributed by atoms with Crippen molar-refractivity contribution in [1.82, 2.24) is 9.29 Å². The number of carbonyl (C=O) groups excluding carboxylic acids is 1. The molecule has 0 spiro atoms. The summed E-state index contributed by atoms with van der Waals surface area (Å²) in [5.41, 5.74) is -1.93. The zero-order chi connectivity index (χ0) is 21.9. The van der Waals surface area contributed by atoms with Crippen LogP contribution in [0, 0.1) is 16.7 Å². The number of alkyl halides is 3. The van der Waals surface area contributed by atoms with Crippen LogP contribution in [0.1, 0.15) is 38.7 Å². The molecule has 2 bridgehead atoms. The predicted molar refractivity (Wildman–Crippen MR) is 105 cm³/mol. The molecular formula is C20H26F3N3O3S. The highest BCUT2D eigenvalue weighted by Crippen LogP contribution is 2.64. The average molecular weight is 446 g/mol. The molecule has 2 heterocycles. The molecule has 0 radical (unpaired) electrons. The van der Waals surface area contributed by atoms with Crippen LogP contribution < -0.4 is 4.90 Å². The van der Waals surface area contributed by atoms with Gasteiger partial charge in [-0.15, -0.1) is 0 Å². The largest absolute Gasteiger partial charge is 0.417 e. The van der Waals surface area contributed by atoms with Gasteiger partial charge in [0.15, 0.2) is 0 Å². The molecule has 3 fully saturated rings. The SMILES string of the molecule is CC1(C)[C@H]2CC[C@@]1(CS(=O)(=O)N1CCN(c3ccc(C(F)(F)F)cn3)CC1)C(=O)C2. The molecule has 6 nitrogen and oxygen atoms in total. The highest BCUT2D eigenvalue weighted by atomic mass is 32.2. The summed E-state index contributed by atoms with van der Waals surface area (Å²) in [4.78, 5) is 18.4. The first-order chi connectivity index (χ1) is 13.9. The lowest BCUT2D eigenvalue weighted by Gasteiger charge is -2.40. The molecule has 0 amide bonds.